The SMILES string of the molecule is CCOC(=O)C12CC3CC(C1)CC(C(=O)OC(C)C(F)(F)S(=O)(=O)O)(C3)C2. The van der Waals surface area contributed by atoms with Gasteiger partial charge in [0.05, 0.1) is 17.4 Å². The zero-order valence-electron chi connectivity index (χ0n) is 15.2. The van der Waals surface area contributed by atoms with Gasteiger partial charge in [-0.25, -0.2) is 0 Å². The van der Waals surface area contributed by atoms with Crippen LogP contribution >= 0.6 is 0 Å². The topological polar surface area (TPSA) is 107 Å². The van der Waals surface area contributed by atoms with Gasteiger partial charge in [-0.05, 0) is 64.2 Å². The fourth-order valence-corrected chi connectivity index (χ4v) is 6.06. The van der Waals surface area contributed by atoms with Crippen LogP contribution in [0.2, 0.25) is 0 Å². The lowest BCUT2D eigenvalue weighted by molar-refractivity contribution is -0.201. The summed E-state index contributed by atoms with van der Waals surface area (Å²) in [5.74, 6) is -1.10. The molecule has 3 unspecified atom stereocenters. The summed E-state index contributed by atoms with van der Waals surface area (Å²) in [6.45, 7) is 2.64. The third-order valence-electron chi connectivity index (χ3n) is 6.30. The van der Waals surface area contributed by atoms with Crippen molar-refractivity contribution in [3.63, 3.8) is 0 Å². The maximum atomic E-state index is 13.8. The van der Waals surface area contributed by atoms with Gasteiger partial charge >= 0.3 is 27.3 Å². The molecular formula is C17H24F2O7S. The third-order valence-corrected chi connectivity index (χ3v) is 7.32. The Labute approximate surface area is 156 Å². The Kier molecular flexibility index (Phi) is 4.82. The minimum absolute atomic E-state index is 0.0978. The summed E-state index contributed by atoms with van der Waals surface area (Å²) in [6.07, 6.45) is 0.747. The Morgan fingerprint density at radius 1 is 1.15 bits per heavy atom. The van der Waals surface area contributed by atoms with E-state index >= 15 is 0 Å². The van der Waals surface area contributed by atoms with Gasteiger partial charge in [0, 0.05) is 0 Å². The first-order chi connectivity index (χ1) is 12.4. The molecule has 4 saturated carbocycles. The van der Waals surface area contributed by atoms with Crippen LogP contribution in [-0.2, 0) is 29.2 Å². The molecule has 0 heterocycles. The number of ether oxygens (including phenoxy) is 2. The molecule has 10 heteroatoms. The molecule has 1 N–H and O–H groups in total. The fourth-order valence-electron chi connectivity index (χ4n) is 5.59. The number of rotatable bonds is 6. The van der Waals surface area contributed by atoms with E-state index in [2.05, 4.69) is 0 Å². The van der Waals surface area contributed by atoms with E-state index in [4.69, 9.17) is 14.0 Å². The molecule has 3 atom stereocenters. The molecule has 0 aromatic heterocycles. The number of alkyl halides is 2. The molecule has 0 aliphatic heterocycles. The van der Waals surface area contributed by atoms with Crippen LogP contribution in [0.5, 0.6) is 0 Å². The number of esters is 2. The van der Waals surface area contributed by atoms with Gasteiger partial charge < -0.3 is 9.47 Å². The van der Waals surface area contributed by atoms with Crippen molar-refractivity contribution in [2.24, 2.45) is 22.7 Å². The van der Waals surface area contributed by atoms with E-state index in [1.165, 1.54) is 0 Å². The van der Waals surface area contributed by atoms with Gasteiger partial charge in [0.25, 0.3) is 0 Å². The van der Waals surface area contributed by atoms with E-state index in [0.29, 0.717) is 25.7 Å². The van der Waals surface area contributed by atoms with Gasteiger partial charge in [-0.3, -0.25) is 14.1 Å². The largest absolute Gasteiger partial charge is 0.466 e. The van der Waals surface area contributed by atoms with Gasteiger partial charge in [0.15, 0.2) is 6.10 Å². The fraction of sp³-hybridized carbons (Fsp3) is 0.882. The predicted octanol–water partition coefficient (Wildman–Crippen LogP) is 2.55. The molecule has 154 valence electrons. The van der Waals surface area contributed by atoms with Crippen LogP contribution in [0.3, 0.4) is 0 Å². The van der Waals surface area contributed by atoms with E-state index < -0.39 is 38.3 Å². The zero-order chi connectivity index (χ0) is 20.3. The first-order valence-electron chi connectivity index (χ1n) is 9.08. The molecule has 0 aromatic rings. The smallest absolute Gasteiger partial charge is 0.405 e. The van der Waals surface area contributed by atoms with E-state index in [1.807, 2.05) is 0 Å². The summed E-state index contributed by atoms with van der Waals surface area (Å²) in [5, 5.41) is -4.61. The second-order valence-electron chi connectivity index (χ2n) is 8.33. The minimum atomic E-state index is -5.72. The van der Waals surface area contributed by atoms with Crippen molar-refractivity contribution >= 4 is 22.1 Å². The maximum absolute atomic E-state index is 13.8. The number of hydrogen-bond acceptors (Lipinski definition) is 6. The van der Waals surface area contributed by atoms with Crippen LogP contribution < -0.4 is 0 Å². The first-order valence-corrected chi connectivity index (χ1v) is 10.5. The van der Waals surface area contributed by atoms with Crippen molar-refractivity contribution in [2.75, 3.05) is 6.61 Å². The molecule has 4 fully saturated rings. The summed E-state index contributed by atoms with van der Waals surface area (Å²) in [4.78, 5) is 25.4. The highest BCUT2D eigenvalue weighted by Crippen LogP contribution is 2.66. The van der Waals surface area contributed by atoms with Crippen LogP contribution in [0.15, 0.2) is 0 Å². The normalized spacial score (nSPS) is 36.3. The van der Waals surface area contributed by atoms with E-state index in [-0.39, 0.29) is 30.8 Å². The second kappa shape index (κ2) is 6.37. The lowest BCUT2D eigenvalue weighted by Gasteiger charge is -2.59. The molecule has 4 bridgehead atoms. The van der Waals surface area contributed by atoms with E-state index in [0.717, 1.165) is 13.3 Å². The standard InChI is InChI=1S/C17H24F2O7S/c1-3-25-13(20)15-5-11-4-12(6-15)8-16(7-11,9-15)14(21)26-10(2)17(18,19)27(22,23)24/h10-12H,3-9H2,1-2H3,(H,22,23,24). The maximum Gasteiger partial charge on any atom is 0.405 e. The Bertz CT molecular complexity index is 734. The van der Waals surface area contributed by atoms with Crippen molar-refractivity contribution in [3.05, 3.63) is 0 Å². The van der Waals surface area contributed by atoms with Crippen LogP contribution in [-0.4, -0.2) is 42.9 Å². The molecule has 0 radical (unpaired) electrons. The summed E-state index contributed by atoms with van der Waals surface area (Å²) in [6, 6.07) is 0. The Morgan fingerprint density at radius 2 is 1.63 bits per heavy atom. The molecule has 4 rings (SSSR count). The Hall–Kier alpha value is -1.29. The highest BCUT2D eigenvalue weighted by Gasteiger charge is 2.65. The van der Waals surface area contributed by atoms with Crippen molar-refractivity contribution in [2.45, 2.75) is 63.7 Å². The van der Waals surface area contributed by atoms with Gasteiger partial charge in [0.2, 0.25) is 0 Å². The molecule has 0 saturated heterocycles. The van der Waals surface area contributed by atoms with Gasteiger partial charge in [0.1, 0.15) is 0 Å². The highest BCUT2D eigenvalue weighted by atomic mass is 32.2. The highest BCUT2D eigenvalue weighted by molar-refractivity contribution is 7.86. The summed E-state index contributed by atoms with van der Waals surface area (Å²) in [7, 11) is -5.72. The zero-order valence-corrected chi connectivity index (χ0v) is 16.1. The molecule has 4 aliphatic rings. The molecule has 0 spiro atoms. The summed E-state index contributed by atoms with van der Waals surface area (Å²) < 4.78 is 68.1. The quantitative estimate of drug-likeness (QED) is 0.530. The average molecular weight is 410 g/mol. The van der Waals surface area contributed by atoms with Crippen LogP contribution in [0, 0.1) is 22.7 Å². The van der Waals surface area contributed by atoms with Crippen molar-refractivity contribution in [3.8, 4) is 0 Å². The molecule has 0 aromatic carbocycles. The number of halogens is 2. The van der Waals surface area contributed by atoms with Crippen molar-refractivity contribution in [1.82, 2.24) is 0 Å². The molecule has 27 heavy (non-hydrogen) atoms. The first kappa shape index (κ1) is 20.4. The molecule has 4 aliphatic carbocycles. The van der Waals surface area contributed by atoms with Crippen molar-refractivity contribution in [1.29, 1.82) is 0 Å². The molecule has 0 amide bonds. The minimum Gasteiger partial charge on any atom is -0.466 e. The third kappa shape index (κ3) is 3.24. The van der Waals surface area contributed by atoms with Crippen LogP contribution in [0.4, 0.5) is 8.78 Å². The van der Waals surface area contributed by atoms with E-state index in [1.54, 1.807) is 6.92 Å². The monoisotopic (exact) mass is 410 g/mol. The number of carbonyl (C=O) groups excluding carboxylic acids is 2. The summed E-state index contributed by atoms with van der Waals surface area (Å²) >= 11 is 0. The number of carbonyl (C=O) groups is 2. The van der Waals surface area contributed by atoms with Crippen LogP contribution in [0.25, 0.3) is 0 Å². The average Bonchev–Trinajstić information content (AvgIpc) is 2.52. The lowest BCUT2D eigenvalue weighted by atomic mass is 9.44. The molecular weight excluding hydrogens is 386 g/mol. The number of hydrogen-bond donors (Lipinski definition) is 1. The summed E-state index contributed by atoms with van der Waals surface area (Å²) in [5.41, 5.74) is -1.91. The van der Waals surface area contributed by atoms with Gasteiger partial charge in [-0.1, -0.05) is 0 Å². The second-order valence-corrected chi connectivity index (χ2v) is 9.82. The predicted molar refractivity (Wildman–Crippen MR) is 88.2 cm³/mol. The Morgan fingerprint density at radius 3 is 2.07 bits per heavy atom. The van der Waals surface area contributed by atoms with Gasteiger partial charge in [-0.15, -0.1) is 0 Å². The molecule has 7 nitrogen and oxygen atoms in total. The van der Waals surface area contributed by atoms with Crippen molar-refractivity contribution < 1.29 is 40.8 Å². The van der Waals surface area contributed by atoms with E-state index in [9.17, 15) is 26.8 Å². The van der Waals surface area contributed by atoms with Gasteiger partial charge in [-0.2, -0.15) is 17.2 Å². The Balaban J connectivity index is 1.84. The van der Waals surface area contributed by atoms with Crippen LogP contribution in [0.1, 0.15) is 52.4 Å². The lowest BCUT2D eigenvalue weighted by Crippen LogP contribution is -2.59.